The van der Waals surface area contributed by atoms with E-state index in [0.29, 0.717) is 6.07 Å². The number of esters is 1. The Balaban J connectivity index is 2.07. The summed E-state index contributed by atoms with van der Waals surface area (Å²) in [6, 6.07) is 5.32. The number of halogens is 4. The van der Waals surface area contributed by atoms with Crippen LogP contribution < -0.4 is 5.32 Å². The highest BCUT2D eigenvalue weighted by molar-refractivity contribution is 6.33. The van der Waals surface area contributed by atoms with Gasteiger partial charge in [0.05, 0.1) is 21.8 Å². The van der Waals surface area contributed by atoms with Gasteiger partial charge in [-0.15, -0.1) is 0 Å². The van der Waals surface area contributed by atoms with Gasteiger partial charge in [0.2, 0.25) is 0 Å². The van der Waals surface area contributed by atoms with E-state index in [9.17, 15) is 22.8 Å². The lowest BCUT2D eigenvalue weighted by molar-refractivity contribution is -0.137. The van der Waals surface area contributed by atoms with Crippen LogP contribution in [0.5, 0.6) is 0 Å². The van der Waals surface area contributed by atoms with Gasteiger partial charge in [-0.2, -0.15) is 13.2 Å². The lowest BCUT2D eigenvalue weighted by Crippen LogP contribution is -2.30. The summed E-state index contributed by atoms with van der Waals surface area (Å²) < 4.78 is 43.1. The van der Waals surface area contributed by atoms with Gasteiger partial charge in [0.15, 0.2) is 6.10 Å². The number of benzene rings is 1. The van der Waals surface area contributed by atoms with E-state index in [0.717, 1.165) is 12.1 Å². The lowest BCUT2D eigenvalue weighted by atomic mass is 10.2. The number of alkyl halides is 3. The highest BCUT2D eigenvalue weighted by Crippen LogP contribution is 2.33. The number of ether oxygens (including phenoxy) is 1. The normalized spacial score (nSPS) is 12.4. The Hall–Kier alpha value is -2.61. The number of hydrogen-bond acceptors (Lipinski definition) is 4. The predicted octanol–water partition coefficient (Wildman–Crippen LogP) is 3.94. The molecule has 0 saturated carbocycles. The number of rotatable bonds is 4. The van der Waals surface area contributed by atoms with E-state index in [1.165, 1.54) is 31.5 Å². The van der Waals surface area contributed by atoms with Gasteiger partial charge in [-0.3, -0.25) is 9.78 Å². The minimum atomic E-state index is -4.58. The molecule has 1 N–H and O–H groups in total. The highest BCUT2D eigenvalue weighted by atomic mass is 35.5. The van der Waals surface area contributed by atoms with Crippen molar-refractivity contribution < 1.29 is 27.5 Å². The zero-order valence-electron chi connectivity index (χ0n) is 12.8. The molecular weight excluding hydrogens is 361 g/mol. The molecule has 0 fully saturated rings. The Labute approximate surface area is 145 Å². The van der Waals surface area contributed by atoms with Gasteiger partial charge in [-0.25, -0.2) is 4.79 Å². The first kappa shape index (κ1) is 18.7. The van der Waals surface area contributed by atoms with Crippen molar-refractivity contribution >= 4 is 29.2 Å². The molecule has 5 nitrogen and oxygen atoms in total. The summed E-state index contributed by atoms with van der Waals surface area (Å²) in [7, 11) is 0. The second-order valence-electron chi connectivity index (χ2n) is 4.97. The van der Waals surface area contributed by atoms with Gasteiger partial charge in [-0.1, -0.05) is 11.6 Å². The van der Waals surface area contributed by atoms with Crippen LogP contribution in [-0.4, -0.2) is 23.0 Å². The first-order valence-electron chi connectivity index (χ1n) is 6.97. The third kappa shape index (κ3) is 4.93. The average Bonchev–Trinajstić information content (AvgIpc) is 2.56. The van der Waals surface area contributed by atoms with Crippen molar-refractivity contribution in [2.75, 3.05) is 5.32 Å². The summed E-state index contributed by atoms with van der Waals surface area (Å²) in [6.07, 6.45) is -3.07. The molecule has 0 unspecified atom stereocenters. The SMILES string of the molecule is C[C@@H](OC(=O)c1ccncc1)C(=O)Nc1cc(C(F)(F)F)ccc1Cl. The number of carbonyl (C=O) groups is 2. The van der Waals surface area contributed by atoms with E-state index in [4.69, 9.17) is 16.3 Å². The second kappa shape index (κ2) is 7.52. The van der Waals surface area contributed by atoms with Crippen LogP contribution in [0.2, 0.25) is 5.02 Å². The molecule has 0 bridgehead atoms. The molecule has 1 amide bonds. The molecule has 1 heterocycles. The van der Waals surface area contributed by atoms with Crippen LogP contribution in [0.15, 0.2) is 42.7 Å². The van der Waals surface area contributed by atoms with E-state index in [-0.39, 0.29) is 16.3 Å². The molecule has 0 aliphatic rings. The zero-order valence-corrected chi connectivity index (χ0v) is 13.6. The molecule has 0 radical (unpaired) electrons. The third-order valence-electron chi connectivity index (χ3n) is 3.12. The lowest BCUT2D eigenvalue weighted by Gasteiger charge is -2.15. The van der Waals surface area contributed by atoms with Gasteiger partial charge >= 0.3 is 12.1 Å². The number of nitrogens with zero attached hydrogens (tertiary/aromatic N) is 1. The Kier molecular flexibility index (Phi) is 5.63. The van der Waals surface area contributed by atoms with Gasteiger partial charge in [0, 0.05) is 12.4 Å². The van der Waals surface area contributed by atoms with Crippen molar-refractivity contribution in [1.29, 1.82) is 0 Å². The van der Waals surface area contributed by atoms with E-state index in [1.807, 2.05) is 0 Å². The van der Waals surface area contributed by atoms with Crippen molar-refractivity contribution in [1.82, 2.24) is 4.98 Å². The van der Waals surface area contributed by atoms with Gasteiger partial charge in [-0.05, 0) is 37.3 Å². The van der Waals surface area contributed by atoms with Crippen LogP contribution in [0, 0.1) is 0 Å². The van der Waals surface area contributed by atoms with Crippen LogP contribution in [0.1, 0.15) is 22.8 Å². The van der Waals surface area contributed by atoms with Gasteiger partial charge in [0.25, 0.3) is 5.91 Å². The Bertz CT molecular complexity index is 782. The number of hydrogen-bond donors (Lipinski definition) is 1. The molecule has 1 aromatic carbocycles. The van der Waals surface area contributed by atoms with Gasteiger partial charge < -0.3 is 10.1 Å². The monoisotopic (exact) mass is 372 g/mol. The fourth-order valence-electron chi connectivity index (χ4n) is 1.80. The standard InChI is InChI=1S/C16H12ClF3N2O3/c1-9(25-15(24)10-4-6-21-7-5-10)14(23)22-13-8-11(16(18,19)20)2-3-12(13)17/h2-9H,1H3,(H,22,23)/t9-/m1/s1. The predicted molar refractivity (Wildman–Crippen MR) is 84.2 cm³/mol. The first-order chi connectivity index (χ1) is 11.7. The van der Waals surface area contributed by atoms with Crippen molar-refractivity contribution in [3.8, 4) is 0 Å². The number of anilines is 1. The maximum absolute atomic E-state index is 12.7. The van der Waals surface area contributed by atoms with E-state index in [1.54, 1.807) is 0 Å². The Morgan fingerprint density at radius 3 is 2.44 bits per heavy atom. The van der Waals surface area contributed by atoms with Crippen molar-refractivity contribution in [2.45, 2.75) is 19.2 Å². The fraction of sp³-hybridized carbons (Fsp3) is 0.188. The third-order valence-corrected chi connectivity index (χ3v) is 3.45. The molecule has 25 heavy (non-hydrogen) atoms. The fourth-order valence-corrected chi connectivity index (χ4v) is 1.97. The first-order valence-corrected chi connectivity index (χ1v) is 7.35. The molecule has 1 aromatic heterocycles. The second-order valence-corrected chi connectivity index (χ2v) is 5.37. The number of pyridine rings is 1. The van der Waals surface area contributed by atoms with E-state index >= 15 is 0 Å². The molecule has 2 rings (SSSR count). The topological polar surface area (TPSA) is 68.3 Å². The molecule has 132 valence electrons. The van der Waals surface area contributed by atoms with Crippen LogP contribution >= 0.6 is 11.6 Å². The molecule has 9 heteroatoms. The molecule has 2 aromatic rings. The highest BCUT2D eigenvalue weighted by Gasteiger charge is 2.31. The smallest absolute Gasteiger partial charge is 0.416 e. The summed E-state index contributed by atoms with van der Waals surface area (Å²) in [4.78, 5) is 27.7. The van der Waals surface area contributed by atoms with Crippen LogP contribution in [0.25, 0.3) is 0 Å². The summed E-state index contributed by atoms with van der Waals surface area (Å²) in [5.74, 6) is -1.58. The van der Waals surface area contributed by atoms with Gasteiger partial charge in [0.1, 0.15) is 0 Å². The van der Waals surface area contributed by atoms with E-state index in [2.05, 4.69) is 10.3 Å². The largest absolute Gasteiger partial charge is 0.449 e. The number of nitrogens with one attached hydrogen (secondary N) is 1. The summed E-state index contributed by atoms with van der Waals surface area (Å²) in [5.41, 5.74) is -1.01. The quantitative estimate of drug-likeness (QED) is 0.825. The number of carbonyl (C=O) groups excluding carboxylic acids is 2. The van der Waals surface area contributed by atoms with Crippen LogP contribution in [0.3, 0.4) is 0 Å². The summed E-state index contributed by atoms with van der Waals surface area (Å²) >= 11 is 5.80. The maximum Gasteiger partial charge on any atom is 0.416 e. The minimum Gasteiger partial charge on any atom is -0.449 e. The number of aromatic nitrogens is 1. The zero-order chi connectivity index (χ0) is 18.6. The number of amides is 1. The summed E-state index contributed by atoms with van der Waals surface area (Å²) in [5, 5.41) is 2.14. The Morgan fingerprint density at radius 2 is 1.84 bits per heavy atom. The molecule has 0 aliphatic carbocycles. The van der Waals surface area contributed by atoms with Crippen LogP contribution in [-0.2, 0) is 15.7 Å². The minimum absolute atomic E-state index is 0.0750. The average molecular weight is 373 g/mol. The van der Waals surface area contributed by atoms with Crippen molar-refractivity contribution in [2.24, 2.45) is 0 Å². The van der Waals surface area contributed by atoms with Crippen molar-refractivity contribution in [3.05, 3.63) is 58.9 Å². The maximum atomic E-state index is 12.7. The summed E-state index contributed by atoms with van der Waals surface area (Å²) in [6.45, 7) is 1.29. The molecular formula is C16H12ClF3N2O3. The molecule has 0 spiro atoms. The van der Waals surface area contributed by atoms with E-state index < -0.39 is 29.7 Å². The van der Waals surface area contributed by atoms with Crippen molar-refractivity contribution in [3.63, 3.8) is 0 Å². The Morgan fingerprint density at radius 1 is 1.20 bits per heavy atom. The molecule has 1 atom stereocenters. The molecule has 0 saturated heterocycles. The molecule has 0 aliphatic heterocycles. The van der Waals surface area contributed by atoms with Crippen LogP contribution in [0.4, 0.5) is 18.9 Å².